The van der Waals surface area contributed by atoms with Crippen LogP contribution in [0.2, 0.25) is 0 Å². The van der Waals surface area contributed by atoms with Gasteiger partial charge in [0.1, 0.15) is 5.75 Å². The van der Waals surface area contributed by atoms with E-state index in [0.29, 0.717) is 32.6 Å². The van der Waals surface area contributed by atoms with E-state index in [2.05, 4.69) is 0 Å². The summed E-state index contributed by atoms with van der Waals surface area (Å²) in [4.78, 5) is 28.4. The molecule has 1 saturated heterocycles. The molecule has 1 fully saturated rings. The maximum atomic E-state index is 12.5. The van der Waals surface area contributed by atoms with Gasteiger partial charge in [0.05, 0.1) is 13.5 Å². The lowest BCUT2D eigenvalue weighted by molar-refractivity contribution is -0.136. The van der Waals surface area contributed by atoms with Crippen molar-refractivity contribution in [2.45, 2.75) is 6.42 Å². The summed E-state index contributed by atoms with van der Waals surface area (Å²) < 4.78 is 5.13. The summed E-state index contributed by atoms with van der Waals surface area (Å²) in [7, 11) is 1.62. The van der Waals surface area contributed by atoms with Crippen LogP contribution in [0.15, 0.2) is 60.7 Å². The summed E-state index contributed by atoms with van der Waals surface area (Å²) in [6, 6.07) is 17.3. The van der Waals surface area contributed by atoms with Crippen LogP contribution in [0.5, 0.6) is 5.75 Å². The van der Waals surface area contributed by atoms with Crippen LogP contribution >= 0.6 is 0 Å². The number of rotatable bonds is 5. The molecule has 2 amide bonds. The number of benzene rings is 2. The smallest absolute Gasteiger partial charge is 0.246 e. The number of hydrogen-bond donors (Lipinski definition) is 0. The van der Waals surface area contributed by atoms with Crippen molar-refractivity contribution in [1.82, 2.24) is 9.80 Å². The quantitative estimate of drug-likeness (QED) is 0.767. The highest BCUT2D eigenvalue weighted by Crippen LogP contribution is 2.13. The Morgan fingerprint density at radius 3 is 2.19 bits per heavy atom. The molecule has 0 unspecified atom stereocenters. The molecule has 0 spiro atoms. The van der Waals surface area contributed by atoms with Crippen molar-refractivity contribution in [2.75, 3.05) is 33.3 Å². The second-order valence-electron chi connectivity index (χ2n) is 6.47. The van der Waals surface area contributed by atoms with E-state index < -0.39 is 0 Å². The minimum absolute atomic E-state index is 0.0129. The number of amides is 2. The van der Waals surface area contributed by atoms with Gasteiger partial charge in [-0.1, -0.05) is 42.5 Å². The highest BCUT2D eigenvalue weighted by atomic mass is 16.5. The first-order chi connectivity index (χ1) is 13.2. The van der Waals surface area contributed by atoms with Crippen molar-refractivity contribution >= 4 is 17.9 Å². The molecule has 1 aliphatic rings. The molecule has 0 radical (unpaired) electrons. The minimum Gasteiger partial charge on any atom is -0.497 e. The van der Waals surface area contributed by atoms with E-state index in [1.165, 1.54) is 0 Å². The van der Waals surface area contributed by atoms with Gasteiger partial charge in [-0.25, -0.2) is 0 Å². The zero-order valence-corrected chi connectivity index (χ0v) is 15.5. The number of carbonyl (C=O) groups excluding carboxylic acids is 2. The van der Waals surface area contributed by atoms with Gasteiger partial charge < -0.3 is 14.5 Å². The van der Waals surface area contributed by atoms with Crippen LogP contribution in [0.4, 0.5) is 0 Å². The average molecular weight is 364 g/mol. The third-order valence-corrected chi connectivity index (χ3v) is 4.68. The van der Waals surface area contributed by atoms with E-state index >= 15 is 0 Å². The molecule has 0 bridgehead atoms. The lowest BCUT2D eigenvalue weighted by Gasteiger charge is -2.34. The number of carbonyl (C=O) groups is 2. The molecule has 2 aromatic rings. The Bertz CT molecular complexity index is 792. The number of piperazine rings is 1. The zero-order valence-electron chi connectivity index (χ0n) is 15.5. The third-order valence-electron chi connectivity index (χ3n) is 4.68. The SMILES string of the molecule is COc1ccc(CC(=O)N2CCN(C(=O)/C=C/c3ccccc3)CC2)cc1. The molecule has 1 aliphatic heterocycles. The molecule has 2 aromatic carbocycles. The van der Waals surface area contributed by atoms with Gasteiger partial charge in [0.2, 0.25) is 11.8 Å². The molecular formula is C22H24N2O3. The van der Waals surface area contributed by atoms with E-state index in [0.717, 1.165) is 16.9 Å². The standard InChI is InChI=1S/C22H24N2O3/c1-27-20-10-7-19(8-11-20)17-22(26)24-15-13-23(14-16-24)21(25)12-9-18-5-3-2-4-6-18/h2-12H,13-17H2,1H3/b12-9+. The Morgan fingerprint density at radius 2 is 1.56 bits per heavy atom. The summed E-state index contributed by atoms with van der Waals surface area (Å²) in [5, 5.41) is 0. The Kier molecular flexibility index (Phi) is 6.26. The molecule has 1 heterocycles. The van der Waals surface area contributed by atoms with Gasteiger partial charge in [0.15, 0.2) is 0 Å². The van der Waals surface area contributed by atoms with Crippen LogP contribution in [0, 0.1) is 0 Å². The van der Waals surface area contributed by atoms with E-state index in [1.807, 2.05) is 65.6 Å². The molecule has 3 rings (SSSR count). The van der Waals surface area contributed by atoms with Crippen molar-refractivity contribution in [1.29, 1.82) is 0 Å². The average Bonchev–Trinajstić information content (AvgIpc) is 2.73. The monoisotopic (exact) mass is 364 g/mol. The first-order valence-corrected chi connectivity index (χ1v) is 9.08. The summed E-state index contributed by atoms with van der Waals surface area (Å²) >= 11 is 0. The second-order valence-corrected chi connectivity index (χ2v) is 6.47. The van der Waals surface area contributed by atoms with Gasteiger partial charge in [0.25, 0.3) is 0 Å². The molecule has 5 nitrogen and oxygen atoms in total. The molecule has 27 heavy (non-hydrogen) atoms. The summed E-state index contributed by atoms with van der Waals surface area (Å²) in [6.45, 7) is 2.26. The third kappa shape index (κ3) is 5.20. The van der Waals surface area contributed by atoms with Crippen LogP contribution in [0.1, 0.15) is 11.1 Å². The van der Waals surface area contributed by atoms with E-state index in [1.54, 1.807) is 18.1 Å². The fourth-order valence-electron chi connectivity index (χ4n) is 3.04. The van der Waals surface area contributed by atoms with Gasteiger partial charge in [-0.15, -0.1) is 0 Å². The van der Waals surface area contributed by atoms with Gasteiger partial charge in [-0.3, -0.25) is 9.59 Å². The van der Waals surface area contributed by atoms with Crippen LogP contribution in [-0.2, 0) is 16.0 Å². The van der Waals surface area contributed by atoms with Gasteiger partial charge in [-0.2, -0.15) is 0 Å². The maximum absolute atomic E-state index is 12.5. The van der Waals surface area contributed by atoms with Crippen molar-refractivity contribution in [2.24, 2.45) is 0 Å². The summed E-state index contributed by atoms with van der Waals surface area (Å²) in [5.74, 6) is 0.857. The van der Waals surface area contributed by atoms with Crippen LogP contribution in [0.3, 0.4) is 0 Å². The predicted octanol–water partition coefficient (Wildman–Crippen LogP) is 2.62. The first kappa shape index (κ1) is 18.7. The highest BCUT2D eigenvalue weighted by Gasteiger charge is 2.23. The van der Waals surface area contributed by atoms with Crippen LogP contribution in [0.25, 0.3) is 6.08 Å². The van der Waals surface area contributed by atoms with E-state index in [9.17, 15) is 9.59 Å². The molecule has 5 heteroatoms. The number of hydrogen-bond acceptors (Lipinski definition) is 3. The van der Waals surface area contributed by atoms with E-state index in [-0.39, 0.29) is 11.8 Å². The lowest BCUT2D eigenvalue weighted by atomic mass is 10.1. The minimum atomic E-state index is -0.0129. The lowest BCUT2D eigenvalue weighted by Crippen LogP contribution is -2.50. The fourth-order valence-corrected chi connectivity index (χ4v) is 3.04. The van der Waals surface area contributed by atoms with Crippen LogP contribution < -0.4 is 4.74 Å². The van der Waals surface area contributed by atoms with Crippen molar-refractivity contribution in [3.63, 3.8) is 0 Å². The molecular weight excluding hydrogens is 340 g/mol. The number of nitrogens with zero attached hydrogens (tertiary/aromatic N) is 2. The normalized spacial score (nSPS) is 14.4. The van der Waals surface area contributed by atoms with Gasteiger partial charge in [-0.05, 0) is 29.3 Å². The molecule has 0 N–H and O–H groups in total. The Labute approximate surface area is 159 Å². The van der Waals surface area contributed by atoms with Gasteiger partial charge in [0, 0.05) is 32.3 Å². The molecule has 0 aromatic heterocycles. The maximum Gasteiger partial charge on any atom is 0.246 e. The summed E-state index contributed by atoms with van der Waals surface area (Å²) in [5.41, 5.74) is 1.96. The summed E-state index contributed by atoms with van der Waals surface area (Å²) in [6.07, 6.45) is 3.79. The second kappa shape index (κ2) is 9.03. The topological polar surface area (TPSA) is 49.9 Å². The fraction of sp³-hybridized carbons (Fsp3) is 0.273. The molecule has 0 atom stereocenters. The zero-order chi connectivity index (χ0) is 19.1. The Hall–Kier alpha value is -3.08. The van der Waals surface area contributed by atoms with Crippen molar-refractivity contribution in [3.8, 4) is 5.75 Å². The van der Waals surface area contributed by atoms with Crippen molar-refractivity contribution < 1.29 is 14.3 Å². The first-order valence-electron chi connectivity index (χ1n) is 9.08. The van der Waals surface area contributed by atoms with Gasteiger partial charge >= 0.3 is 0 Å². The van der Waals surface area contributed by atoms with Crippen LogP contribution in [-0.4, -0.2) is 54.9 Å². The number of methoxy groups -OCH3 is 1. The van der Waals surface area contributed by atoms with Crippen molar-refractivity contribution in [3.05, 3.63) is 71.8 Å². The predicted molar refractivity (Wildman–Crippen MR) is 105 cm³/mol. The largest absolute Gasteiger partial charge is 0.497 e. The molecule has 0 aliphatic carbocycles. The highest BCUT2D eigenvalue weighted by molar-refractivity contribution is 5.92. The number of ether oxygens (including phenoxy) is 1. The Balaban J connectivity index is 1.48. The Morgan fingerprint density at radius 1 is 0.926 bits per heavy atom. The van der Waals surface area contributed by atoms with E-state index in [4.69, 9.17) is 4.74 Å². The molecule has 140 valence electrons. The molecule has 0 saturated carbocycles.